The van der Waals surface area contributed by atoms with Gasteiger partial charge in [-0.15, -0.1) is 0 Å². The lowest BCUT2D eigenvalue weighted by molar-refractivity contribution is 0.0942. The largest absolute Gasteiger partial charge is 0.504 e. The molecule has 0 amide bonds. The number of Topliss-reactive ketones (excluding diaryl/α,β-unsaturated/α-hetero) is 1. The Hall–Kier alpha value is -2.04. The maximum absolute atomic E-state index is 12.1. The minimum Gasteiger partial charge on any atom is -0.504 e. The molecule has 2 aromatic rings. The zero-order valence-electron chi connectivity index (χ0n) is 11.6. The second kappa shape index (κ2) is 6.61. The number of halogens is 1. The van der Waals surface area contributed by atoms with E-state index in [0.717, 1.165) is 5.56 Å². The van der Waals surface area contributed by atoms with Gasteiger partial charge in [0.05, 0.1) is 6.54 Å². The molecule has 2 rings (SSSR count). The van der Waals surface area contributed by atoms with Crippen LogP contribution in [0, 0.1) is 0 Å². The summed E-state index contributed by atoms with van der Waals surface area (Å²) in [4.78, 5) is 14.0. The van der Waals surface area contributed by atoms with Crippen LogP contribution in [0.5, 0.6) is 11.5 Å². The van der Waals surface area contributed by atoms with Gasteiger partial charge in [0.2, 0.25) is 0 Å². The number of likely N-dealkylation sites (N-methyl/N-ethyl adjacent to an activating group) is 1. The Labute approximate surface area is 128 Å². The molecule has 4 nitrogen and oxygen atoms in total. The number of phenolic OH excluding ortho intramolecular Hbond substituents is 2. The highest BCUT2D eigenvalue weighted by Gasteiger charge is 2.12. The van der Waals surface area contributed by atoms with E-state index in [1.54, 1.807) is 0 Å². The molecule has 0 unspecified atom stereocenters. The number of ketones is 1. The number of carbonyl (C=O) groups is 1. The first-order valence-electron chi connectivity index (χ1n) is 6.44. The van der Waals surface area contributed by atoms with Crippen molar-refractivity contribution in [2.45, 2.75) is 6.54 Å². The lowest BCUT2D eigenvalue weighted by Gasteiger charge is -2.16. The fraction of sp³-hybridized carbons (Fsp3) is 0.188. The summed E-state index contributed by atoms with van der Waals surface area (Å²) in [6, 6.07) is 11.5. The summed E-state index contributed by atoms with van der Waals surface area (Å²) in [5, 5.41) is 19.3. The van der Waals surface area contributed by atoms with Crippen molar-refractivity contribution in [1.82, 2.24) is 4.90 Å². The normalized spacial score (nSPS) is 10.8. The standard InChI is InChI=1S/C16H16ClNO3/c1-18(9-11-2-5-13(17)6-3-11)10-16(21)12-4-7-14(19)15(20)8-12/h2-8,19-20H,9-10H2,1H3. The number of hydrogen-bond acceptors (Lipinski definition) is 4. The lowest BCUT2D eigenvalue weighted by atomic mass is 10.1. The minimum absolute atomic E-state index is 0.123. The topological polar surface area (TPSA) is 60.8 Å². The Morgan fingerprint density at radius 3 is 2.38 bits per heavy atom. The van der Waals surface area contributed by atoms with Crippen LogP contribution in [0.25, 0.3) is 0 Å². The van der Waals surface area contributed by atoms with Gasteiger partial charge in [0.15, 0.2) is 17.3 Å². The van der Waals surface area contributed by atoms with Crippen molar-refractivity contribution in [3.8, 4) is 11.5 Å². The Bertz CT molecular complexity index is 640. The average molecular weight is 306 g/mol. The first-order valence-corrected chi connectivity index (χ1v) is 6.81. The predicted octanol–water partition coefficient (Wildman–Crippen LogP) is 3.07. The van der Waals surface area contributed by atoms with Crippen LogP contribution in [-0.4, -0.2) is 34.5 Å². The summed E-state index contributed by atoms with van der Waals surface area (Å²) in [6.45, 7) is 0.833. The number of nitrogens with zero attached hydrogens (tertiary/aromatic N) is 1. The molecule has 0 aliphatic heterocycles. The van der Waals surface area contributed by atoms with Crippen molar-refractivity contribution in [2.75, 3.05) is 13.6 Å². The van der Waals surface area contributed by atoms with Gasteiger partial charge in [-0.05, 0) is 42.9 Å². The van der Waals surface area contributed by atoms with E-state index in [1.807, 2.05) is 36.2 Å². The highest BCUT2D eigenvalue weighted by atomic mass is 35.5. The molecule has 2 aromatic carbocycles. The second-order valence-corrected chi connectivity index (χ2v) is 5.36. The van der Waals surface area contributed by atoms with Crippen molar-refractivity contribution < 1.29 is 15.0 Å². The molecule has 0 heterocycles. The lowest BCUT2D eigenvalue weighted by Crippen LogP contribution is -2.25. The van der Waals surface area contributed by atoms with E-state index in [9.17, 15) is 15.0 Å². The highest BCUT2D eigenvalue weighted by Crippen LogP contribution is 2.25. The molecule has 0 bridgehead atoms. The highest BCUT2D eigenvalue weighted by molar-refractivity contribution is 6.30. The summed E-state index contributed by atoms with van der Waals surface area (Å²) in [7, 11) is 1.84. The Morgan fingerprint density at radius 1 is 1.10 bits per heavy atom. The van der Waals surface area contributed by atoms with Crippen LogP contribution in [0.1, 0.15) is 15.9 Å². The zero-order valence-corrected chi connectivity index (χ0v) is 12.3. The van der Waals surface area contributed by atoms with Crippen LogP contribution in [0.15, 0.2) is 42.5 Å². The van der Waals surface area contributed by atoms with Gasteiger partial charge in [-0.3, -0.25) is 9.69 Å². The summed E-state index contributed by atoms with van der Waals surface area (Å²) >= 11 is 5.83. The van der Waals surface area contributed by atoms with Crippen LogP contribution < -0.4 is 0 Å². The zero-order chi connectivity index (χ0) is 15.4. The third-order valence-corrected chi connectivity index (χ3v) is 3.33. The molecule has 0 saturated carbocycles. The Balaban J connectivity index is 1.98. The fourth-order valence-corrected chi connectivity index (χ4v) is 2.12. The predicted molar refractivity (Wildman–Crippen MR) is 81.9 cm³/mol. The van der Waals surface area contributed by atoms with Crippen molar-refractivity contribution in [3.63, 3.8) is 0 Å². The molecule has 0 spiro atoms. The monoisotopic (exact) mass is 305 g/mol. The summed E-state index contributed by atoms with van der Waals surface area (Å²) in [6.07, 6.45) is 0. The molecule has 0 aromatic heterocycles. The number of carbonyl (C=O) groups excluding carboxylic acids is 1. The molecular formula is C16H16ClNO3. The average Bonchev–Trinajstić information content (AvgIpc) is 2.44. The van der Waals surface area contributed by atoms with E-state index in [-0.39, 0.29) is 23.8 Å². The van der Waals surface area contributed by atoms with Gasteiger partial charge in [0.25, 0.3) is 0 Å². The van der Waals surface area contributed by atoms with Gasteiger partial charge in [0.1, 0.15) is 0 Å². The fourth-order valence-electron chi connectivity index (χ4n) is 1.99. The summed E-state index contributed by atoms with van der Waals surface area (Å²) in [5.41, 5.74) is 1.43. The van der Waals surface area contributed by atoms with Crippen molar-refractivity contribution in [3.05, 3.63) is 58.6 Å². The maximum atomic E-state index is 12.1. The molecule has 2 N–H and O–H groups in total. The Morgan fingerprint density at radius 2 is 1.76 bits per heavy atom. The van der Waals surface area contributed by atoms with E-state index in [0.29, 0.717) is 17.1 Å². The molecule has 0 saturated heterocycles. The number of hydrogen-bond donors (Lipinski definition) is 2. The molecule has 0 radical (unpaired) electrons. The van der Waals surface area contributed by atoms with Gasteiger partial charge in [0, 0.05) is 17.1 Å². The van der Waals surface area contributed by atoms with Crippen LogP contribution in [0.4, 0.5) is 0 Å². The SMILES string of the molecule is CN(CC(=O)c1ccc(O)c(O)c1)Cc1ccc(Cl)cc1. The van der Waals surface area contributed by atoms with Crippen LogP contribution in [0.2, 0.25) is 5.02 Å². The van der Waals surface area contributed by atoms with Gasteiger partial charge >= 0.3 is 0 Å². The molecule has 110 valence electrons. The van der Waals surface area contributed by atoms with E-state index < -0.39 is 0 Å². The molecule has 21 heavy (non-hydrogen) atoms. The van der Waals surface area contributed by atoms with Crippen LogP contribution >= 0.6 is 11.6 Å². The molecule has 0 atom stereocenters. The third-order valence-electron chi connectivity index (χ3n) is 3.08. The summed E-state index contributed by atoms with van der Waals surface area (Å²) in [5.74, 6) is -0.649. The minimum atomic E-state index is -0.291. The van der Waals surface area contributed by atoms with Crippen LogP contribution in [0.3, 0.4) is 0 Å². The summed E-state index contributed by atoms with van der Waals surface area (Å²) < 4.78 is 0. The number of benzene rings is 2. The molecule has 0 aliphatic rings. The van der Waals surface area contributed by atoms with Crippen molar-refractivity contribution >= 4 is 17.4 Å². The number of aromatic hydroxyl groups is 2. The molecule has 0 aliphatic carbocycles. The molecular weight excluding hydrogens is 290 g/mol. The quantitative estimate of drug-likeness (QED) is 0.658. The van der Waals surface area contributed by atoms with Gasteiger partial charge < -0.3 is 10.2 Å². The van der Waals surface area contributed by atoms with Crippen molar-refractivity contribution in [1.29, 1.82) is 0 Å². The molecule has 5 heteroatoms. The van der Waals surface area contributed by atoms with E-state index in [4.69, 9.17) is 11.6 Å². The van der Waals surface area contributed by atoms with Crippen LogP contribution in [-0.2, 0) is 6.54 Å². The smallest absolute Gasteiger partial charge is 0.176 e. The van der Waals surface area contributed by atoms with E-state index in [2.05, 4.69) is 0 Å². The number of rotatable bonds is 5. The van der Waals surface area contributed by atoms with Gasteiger partial charge in [-0.2, -0.15) is 0 Å². The van der Waals surface area contributed by atoms with Gasteiger partial charge in [-0.1, -0.05) is 23.7 Å². The van der Waals surface area contributed by atoms with E-state index in [1.165, 1.54) is 18.2 Å². The Kier molecular flexibility index (Phi) is 4.83. The third kappa shape index (κ3) is 4.21. The van der Waals surface area contributed by atoms with Gasteiger partial charge in [-0.25, -0.2) is 0 Å². The number of phenols is 2. The van der Waals surface area contributed by atoms with Crippen molar-refractivity contribution in [2.24, 2.45) is 0 Å². The molecule has 0 fully saturated rings. The second-order valence-electron chi connectivity index (χ2n) is 4.93. The van der Waals surface area contributed by atoms with E-state index >= 15 is 0 Å². The first-order chi connectivity index (χ1) is 9.95. The maximum Gasteiger partial charge on any atom is 0.176 e. The first kappa shape index (κ1) is 15.4.